The molecule has 1 N–H and O–H groups in total. The van der Waals surface area contributed by atoms with Gasteiger partial charge in [0.05, 0.1) is 4.92 Å². The quantitative estimate of drug-likeness (QED) is 0.668. The molecule has 2 rings (SSSR count). The van der Waals surface area contributed by atoms with E-state index in [9.17, 15) is 10.1 Å². The summed E-state index contributed by atoms with van der Waals surface area (Å²) in [5.41, 5.74) is 0.0933. The van der Waals surface area contributed by atoms with Crippen LogP contribution in [0, 0.1) is 16.0 Å². The second-order valence-corrected chi connectivity index (χ2v) is 5.02. The fourth-order valence-corrected chi connectivity index (χ4v) is 2.48. The Kier molecular flexibility index (Phi) is 4.19. The molecule has 1 fully saturated rings. The van der Waals surface area contributed by atoms with Crippen LogP contribution in [0.2, 0.25) is 0 Å². The molecule has 2 heterocycles. The molecule has 0 radical (unpaired) electrons. The highest BCUT2D eigenvalue weighted by molar-refractivity contribution is 5.62. The van der Waals surface area contributed by atoms with Gasteiger partial charge in [0.2, 0.25) is 5.82 Å². The van der Waals surface area contributed by atoms with Crippen molar-refractivity contribution in [2.45, 2.75) is 26.7 Å². The van der Waals surface area contributed by atoms with Crippen LogP contribution in [0.15, 0.2) is 12.1 Å². The van der Waals surface area contributed by atoms with Crippen LogP contribution in [-0.4, -0.2) is 29.5 Å². The van der Waals surface area contributed by atoms with Crippen LogP contribution in [0.3, 0.4) is 0 Å². The van der Waals surface area contributed by atoms with Crippen molar-refractivity contribution in [2.24, 2.45) is 5.92 Å². The summed E-state index contributed by atoms with van der Waals surface area (Å²) in [6.07, 6.45) is 2.24. The van der Waals surface area contributed by atoms with Crippen molar-refractivity contribution in [1.82, 2.24) is 4.98 Å². The Morgan fingerprint density at radius 2 is 2.37 bits per heavy atom. The van der Waals surface area contributed by atoms with Crippen LogP contribution in [0.1, 0.15) is 26.7 Å². The summed E-state index contributed by atoms with van der Waals surface area (Å²) in [5.74, 6) is 1.74. The first kappa shape index (κ1) is 13.6. The maximum absolute atomic E-state index is 11.1. The summed E-state index contributed by atoms with van der Waals surface area (Å²) in [4.78, 5) is 17.2. The summed E-state index contributed by atoms with van der Waals surface area (Å²) in [6, 6.07) is 3.21. The summed E-state index contributed by atoms with van der Waals surface area (Å²) < 4.78 is 0. The molecule has 0 bridgehead atoms. The van der Waals surface area contributed by atoms with E-state index in [0.29, 0.717) is 17.6 Å². The first-order chi connectivity index (χ1) is 9.11. The lowest BCUT2D eigenvalue weighted by Gasteiger charge is -2.31. The second kappa shape index (κ2) is 5.86. The van der Waals surface area contributed by atoms with Gasteiger partial charge in [0.1, 0.15) is 5.82 Å². The zero-order chi connectivity index (χ0) is 13.8. The number of nitrogens with one attached hydrogen (secondary N) is 1. The topological polar surface area (TPSA) is 71.3 Å². The molecule has 6 nitrogen and oxygen atoms in total. The van der Waals surface area contributed by atoms with Crippen molar-refractivity contribution >= 4 is 17.3 Å². The first-order valence-corrected chi connectivity index (χ1v) is 6.76. The normalized spacial score (nSPS) is 19.3. The lowest BCUT2D eigenvalue weighted by Crippen LogP contribution is -2.35. The molecule has 1 saturated heterocycles. The van der Waals surface area contributed by atoms with Gasteiger partial charge < -0.3 is 10.2 Å². The molecule has 0 saturated carbocycles. The first-order valence-electron chi connectivity index (χ1n) is 6.76. The Labute approximate surface area is 113 Å². The zero-order valence-electron chi connectivity index (χ0n) is 11.4. The number of hydrogen-bond acceptors (Lipinski definition) is 5. The Hall–Kier alpha value is -1.85. The van der Waals surface area contributed by atoms with Gasteiger partial charge in [-0.2, -0.15) is 0 Å². The zero-order valence-corrected chi connectivity index (χ0v) is 11.4. The molecule has 0 spiro atoms. The monoisotopic (exact) mass is 264 g/mol. The molecule has 104 valence electrons. The highest BCUT2D eigenvalue weighted by atomic mass is 16.6. The Balaban J connectivity index is 2.33. The van der Waals surface area contributed by atoms with Gasteiger partial charge in [0.25, 0.3) is 0 Å². The standard InChI is InChI=1S/C13H20N4O2/c1-3-14-12-7-6-11(17(18)19)13(15-12)16-8-4-5-10(2)9-16/h6-7,10H,3-5,8-9H2,1-2H3,(H,14,15). The molecule has 6 heteroatoms. The Morgan fingerprint density at radius 1 is 1.58 bits per heavy atom. The molecule has 1 aliphatic rings. The lowest BCUT2D eigenvalue weighted by atomic mass is 10.0. The van der Waals surface area contributed by atoms with Crippen molar-refractivity contribution in [3.05, 3.63) is 22.2 Å². The largest absolute Gasteiger partial charge is 0.370 e. The number of anilines is 2. The number of rotatable bonds is 4. The predicted molar refractivity (Wildman–Crippen MR) is 75.7 cm³/mol. The molecule has 1 unspecified atom stereocenters. The van der Waals surface area contributed by atoms with Gasteiger partial charge in [0, 0.05) is 25.7 Å². The molecular weight excluding hydrogens is 244 g/mol. The van der Waals surface area contributed by atoms with E-state index in [1.807, 2.05) is 11.8 Å². The Bertz CT molecular complexity index is 464. The van der Waals surface area contributed by atoms with Gasteiger partial charge in [-0.1, -0.05) is 6.92 Å². The lowest BCUT2D eigenvalue weighted by molar-refractivity contribution is -0.384. The number of hydrogen-bond donors (Lipinski definition) is 1. The van der Waals surface area contributed by atoms with Crippen molar-refractivity contribution in [1.29, 1.82) is 0 Å². The van der Waals surface area contributed by atoms with Crippen LogP contribution in [0.4, 0.5) is 17.3 Å². The third-order valence-corrected chi connectivity index (χ3v) is 3.37. The minimum Gasteiger partial charge on any atom is -0.370 e. The van der Waals surface area contributed by atoms with E-state index in [4.69, 9.17) is 0 Å². The van der Waals surface area contributed by atoms with Crippen molar-refractivity contribution in [2.75, 3.05) is 29.9 Å². The number of aromatic nitrogens is 1. The minimum atomic E-state index is -0.350. The highest BCUT2D eigenvalue weighted by Gasteiger charge is 2.25. The van der Waals surface area contributed by atoms with Gasteiger partial charge in [-0.15, -0.1) is 0 Å². The molecule has 0 amide bonds. The molecule has 0 aliphatic carbocycles. The van der Waals surface area contributed by atoms with E-state index in [1.54, 1.807) is 12.1 Å². The third-order valence-electron chi connectivity index (χ3n) is 3.37. The van der Waals surface area contributed by atoms with E-state index in [0.717, 1.165) is 26.1 Å². The van der Waals surface area contributed by atoms with Gasteiger partial charge in [-0.3, -0.25) is 10.1 Å². The molecule has 0 aromatic carbocycles. The van der Waals surface area contributed by atoms with E-state index < -0.39 is 0 Å². The van der Waals surface area contributed by atoms with Crippen LogP contribution in [0.5, 0.6) is 0 Å². The van der Waals surface area contributed by atoms with E-state index >= 15 is 0 Å². The summed E-state index contributed by atoms with van der Waals surface area (Å²) >= 11 is 0. The van der Waals surface area contributed by atoms with E-state index in [2.05, 4.69) is 17.2 Å². The second-order valence-electron chi connectivity index (χ2n) is 5.02. The fourth-order valence-electron chi connectivity index (χ4n) is 2.48. The van der Waals surface area contributed by atoms with Gasteiger partial charge in [-0.05, 0) is 31.7 Å². The molecular formula is C13H20N4O2. The predicted octanol–water partition coefficient (Wildman–Crippen LogP) is 2.66. The summed E-state index contributed by atoms with van der Waals surface area (Å²) in [5, 5.41) is 14.2. The van der Waals surface area contributed by atoms with Gasteiger partial charge >= 0.3 is 5.69 Å². The minimum absolute atomic E-state index is 0.0933. The van der Waals surface area contributed by atoms with Crippen molar-refractivity contribution in [3.8, 4) is 0 Å². The third kappa shape index (κ3) is 3.13. The van der Waals surface area contributed by atoms with Crippen molar-refractivity contribution in [3.63, 3.8) is 0 Å². The molecule has 1 atom stereocenters. The number of pyridine rings is 1. The SMILES string of the molecule is CCNc1ccc([N+](=O)[O-])c(N2CCCC(C)C2)n1. The number of piperidine rings is 1. The maximum Gasteiger partial charge on any atom is 0.311 e. The van der Waals surface area contributed by atoms with Gasteiger partial charge in [0.15, 0.2) is 0 Å². The van der Waals surface area contributed by atoms with E-state index in [1.165, 1.54) is 6.42 Å². The highest BCUT2D eigenvalue weighted by Crippen LogP contribution is 2.30. The smallest absolute Gasteiger partial charge is 0.311 e. The summed E-state index contributed by atoms with van der Waals surface area (Å²) in [7, 11) is 0. The molecule has 1 aromatic heterocycles. The summed E-state index contributed by atoms with van der Waals surface area (Å²) in [6.45, 7) is 6.58. The average molecular weight is 264 g/mol. The van der Waals surface area contributed by atoms with Crippen molar-refractivity contribution < 1.29 is 4.92 Å². The fraction of sp³-hybridized carbons (Fsp3) is 0.615. The van der Waals surface area contributed by atoms with Crippen LogP contribution in [0.25, 0.3) is 0 Å². The molecule has 19 heavy (non-hydrogen) atoms. The van der Waals surface area contributed by atoms with Crippen LogP contribution >= 0.6 is 0 Å². The van der Waals surface area contributed by atoms with Gasteiger partial charge in [-0.25, -0.2) is 4.98 Å². The molecule has 1 aromatic rings. The number of nitro groups is 1. The Morgan fingerprint density at radius 3 is 3.00 bits per heavy atom. The maximum atomic E-state index is 11.1. The average Bonchev–Trinajstić information content (AvgIpc) is 2.39. The molecule has 1 aliphatic heterocycles. The number of nitrogens with zero attached hydrogens (tertiary/aromatic N) is 3. The van der Waals surface area contributed by atoms with Crippen LogP contribution in [-0.2, 0) is 0 Å². The van der Waals surface area contributed by atoms with E-state index in [-0.39, 0.29) is 10.6 Å². The van der Waals surface area contributed by atoms with Crippen LogP contribution < -0.4 is 10.2 Å².